The molecular weight excluding hydrogens is 392 g/mol. The van der Waals surface area contributed by atoms with E-state index in [4.69, 9.17) is 9.15 Å². The maximum Gasteiger partial charge on any atom is 0.270 e. The number of methoxy groups -OCH3 is 1. The van der Waals surface area contributed by atoms with Gasteiger partial charge in [-0.3, -0.25) is 14.9 Å². The van der Waals surface area contributed by atoms with Crippen LogP contribution in [-0.4, -0.2) is 17.9 Å². The van der Waals surface area contributed by atoms with Crippen molar-refractivity contribution in [3.63, 3.8) is 0 Å². The predicted molar refractivity (Wildman–Crippen MR) is 96.3 cm³/mol. The summed E-state index contributed by atoms with van der Waals surface area (Å²) in [5.74, 6) is 0.705. The van der Waals surface area contributed by atoms with E-state index >= 15 is 0 Å². The van der Waals surface area contributed by atoms with E-state index < -0.39 is 4.92 Å². The van der Waals surface area contributed by atoms with Crippen LogP contribution in [0, 0.1) is 17.0 Å². The van der Waals surface area contributed by atoms with E-state index in [0.29, 0.717) is 38.2 Å². The Morgan fingerprint density at radius 1 is 1.28 bits per heavy atom. The lowest BCUT2D eigenvalue weighted by molar-refractivity contribution is -0.384. The molecule has 128 valence electrons. The summed E-state index contributed by atoms with van der Waals surface area (Å²) in [5.41, 5.74) is 1.32. The molecule has 0 aliphatic rings. The first-order valence-corrected chi connectivity index (χ1v) is 8.02. The Bertz CT molecular complexity index is 996. The highest BCUT2D eigenvalue weighted by molar-refractivity contribution is 9.10. The highest BCUT2D eigenvalue weighted by Gasteiger charge is 2.20. The summed E-state index contributed by atoms with van der Waals surface area (Å²) in [6.07, 6.45) is 0. The van der Waals surface area contributed by atoms with Crippen molar-refractivity contribution in [2.75, 3.05) is 12.4 Å². The number of carbonyl (C=O) groups excluding carboxylic acids is 1. The quantitative estimate of drug-likeness (QED) is 0.503. The van der Waals surface area contributed by atoms with Crippen LogP contribution in [0.15, 0.2) is 45.3 Å². The van der Waals surface area contributed by atoms with Crippen LogP contribution in [0.1, 0.15) is 16.1 Å². The number of non-ortho nitro benzene ring substituents is 1. The molecule has 1 aromatic heterocycles. The van der Waals surface area contributed by atoms with Crippen LogP contribution in [0.4, 0.5) is 11.4 Å². The zero-order chi connectivity index (χ0) is 18.1. The van der Waals surface area contributed by atoms with Crippen molar-refractivity contribution in [3.8, 4) is 5.75 Å². The van der Waals surface area contributed by atoms with E-state index in [9.17, 15) is 14.9 Å². The third-order valence-corrected chi connectivity index (χ3v) is 4.37. The Labute approximate surface area is 150 Å². The molecular formula is C17H13BrN2O5. The van der Waals surface area contributed by atoms with Gasteiger partial charge in [-0.1, -0.05) is 0 Å². The number of carbonyl (C=O) groups is 1. The summed E-state index contributed by atoms with van der Waals surface area (Å²) in [4.78, 5) is 23.0. The fourth-order valence-corrected chi connectivity index (χ4v) is 2.98. The minimum Gasteiger partial charge on any atom is -0.497 e. The fraction of sp³-hybridized carbons (Fsp3) is 0.118. The van der Waals surface area contributed by atoms with Crippen molar-refractivity contribution < 1.29 is 18.9 Å². The van der Waals surface area contributed by atoms with E-state index in [1.807, 2.05) is 0 Å². The normalized spacial score (nSPS) is 10.7. The van der Waals surface area contributed by atoms with Crippen LogP contribution in [0.3, 0.4) is 0 Å². The first-order chi connectivity index (χ1) is 11.9. The second-order valence-corrected chi connectivity index (χ2v) is 6.13. The maximum absolute atomic E-state index is 12.7. The number of furan rings is 1. The van der Waals surface area contributed by atoms with Crippen molar-refractivity contribution in [1.29, 1.82) is 0 Å². The van der Waals surface area contributed by atoms with Crippen molar-refractivity contribution >= 4 is 44.2 Å². The largest absolute Gasteiger partial charge is 0.497 e. The number of hydrogen-bond acceptors (Lipinski definition) is 5. The second-order valence-electron chi connectivity index (χ2n) is 5.27. The molecule has 25 heavy (non-hydrogen) atoms. The number of ether oxygens (including phenoxy) is 1. The molecule has 7 nitrogen and oxygen atoms in total. The van der Waals surface area contributed by atoms with Crippen LogP contribution >= 0.6 is 15.9 Å². The van der Waals surface area contributed by atoms with Gasteiger partial charge in [0, 0.05) is 22.0 Å². The lowest BCUT2D eigenvalue weighted by atomic mass is 10.1. The molecule has 0 saturated carbocycles. The number of hydrogen-bond donors (Lipinski definition) is 1. The number of amides is 1. The van der Waals surface area contributed by atoms with Gasteiger partial charge < -0.3 is 14.5 Å². The van der Waals surface area contributed by atoms with Gasteiger partial charge >= 0.3 is 0 Å². The Kier molecular flexibility index (Phi) is 4.45. The van der Waals surface area contributed by atoms with E-state index in [1.54, 1.807) is 32.2 Å². The molecule has 3 aromatic rings. The first kappa shape index (κ1) is 17.0. The second kappa shape index (κ2) is 6.56. The summed E-state index contributed by atoms with van der Waals surface area (Å²) in [6, 6.07) is 9.34. The predicted octanol–water partition coefficient (Wildman–Crippen LogP) is 4.67. The van der Waals surface area contributed by atoms with Gasteiger partial charge in [0.25, 0.3) is 11.6 Å². The molecule has 0 aliphatic carbocycles. The molecule has 1 heterocycles. The zero-order valence-electron chi connectivity index (χ0n) is 13.3. The number of benzene rings is 2. The van der Waals surface area contributed by atoms with E-state index in [-0.39, 0.29) is 11.6 Å². The number of rotatable bonds is 4. The minimum atomic E-state index is -0.504. The Morgan fingerprint density at radius 3 is 2.68 bits per heavy atom. The van der Waals surface area contributed by atoms with Crippen molar-refractivity contribution in [3.05, 3.63) is 62.3 Å². The number of fused-ring (bicyclic) bond motifs is 1. The zero-order valence-corrected chi connectivity index (χ0v) is 14.9. The summed E-state index contributed by atoms with van der Waals surface area (Å²) in [5, 5.41) is 14.2. The van der Waals surface area contributed by atoms with Crippen molar-refractivity contribution in [2.45, 2.75) is 6.92 Å². The molecule has 0 radical (unpaired) electrons. The third-order valence-electron chi connectivity index (χ3n) is 3.71. The van der Waals surface area contributed by atoms with E-state index in [2.05, 4.69) is 21.2 Å². The molecule has 0 bridgehead atoms. The average Bonchev–Trinajstić information content (AvgIpc) is 2.91. The van der Waals surface area contributed by atoms with E-state index in [1.165, 1.54) is 18.2 Å². The number of nitrogens with zero attached hydrogens (tertiary/aromatic N) is 1. The molecule has 2 aromatic carbocycles. The molecule has 0 unspecified atom stereocenters. The van der Waals surface area contributed by atoms with Gasteiger partial charge in [0.1, 0.15) is 17.1 Å². The number of nitro benzene ring substituents is 1. The molecule has 1 amide bonds. The van der Waals surface area contributed by atoms with Crippen molar-refractivity contribution in [1.82, 2.24) is 0 Å². The van der Waals surface area contributed by atoms with Gasteiger partial charge in [-0.05, 0) is 47.1 Å². The Balaban J connectivity index is 1.97. The van der Waals surface area contributed by atoms with Crippen LogP contribution in [0.2, 0.25) is 0 Å². The Morgan fingerprint density at radius 2 is 2.04 bits per heavy atom. The molecule has 3 rings (SSSR count). The van der Waals surface area contributed by atoms with E-state index in [0.717, 1.165) is 0 Å². The number of aryl methyl sites for hydroxylation is 1. The van der Waals surface area contributed by atoms with Gasteiger partial charge in [-0.15, -0.1) is 0 Å². The van der Waals surface area contributed by atoms with Gasteiger partial charge in [0.2, 0.25) is 0 Å². The topological polar surface area (TPSA) is 94.6 Å². The molecule has 8 heteroatoms. The molecule has 0 aliphatic heterocycles. The molecule has 0 fully saturated rings. The van der Waals surface area contributed by atoms with Gasteiger partial charge in [0.05, 0.1) is 23.3 Å². The SMILES string of the molecule is COc1ccc2oc(C)c(C(=O)Nc3ccc([N+](=O)[O-])cc3Br)c2c1. The standard InChI is InChI=1S/C17H13BrN2O5/c1-9-16(12-8-11(24-2)4-6-15(12)25-9)17(21)19-14-5-3-10(20(22)23)7-13(14)18/h3-8H,1-2H3,(H,19,21). The average molecular weight is 405 g/mol. The summed E-state index contributed by atoms with van der Waals surface area (Å²) in [7, 11) is 1.54. The lowest BCUT2D eigenvalue weighted by Crippen LogP contribution is -2.13. The highest BCUT2D eigenvalue weighted by atomic mass is 79.9. The van der Waals surface area contributed by atoms with Crippen LogP contribution < -0.4 is 10.1 Å². The van der Waals surface area contributed by atoms with Gasteiger partial charge in [-0.25, -0.2) is 0 Å². The number of anilines is 1. The fourth-order valence-electron chi connectivity index (χ4n) is 2.51. The van der Waals surface area contributed by atoms with Crippen molar-refractivity contribution in [2.24, 2.45) is 0 Å². The highest BCUT2D eigenvalue weighted by Crippen LogP contribution is 2.31. The minimum absolute atomic E-state index is 0.0699. The molecule has 0 atom stereocenters. The summed E-state index contributed by atoms with van der Waals surface area (Å²) >= 11 is 3.24. The van der Waals surface area contributed by atoms with Crippen LogP contribution in [0.25, 0.3) is 11.0 Å². The number of nitrogens with one attached hydrogen (secondary N) is 1. The van der Waals surface area contributed by atoms with Crippen LogP contribution in [-0.2, 0) is 0 Å². The van der Waals surface area contributed by atoms with Gasteiger partial charge in [-0.2, -0.15) is 0 Å². The molecule has 0 saturated heterocycles. The molecule has 1 N–H and O–H groups in total. The smallest absolute Gasteiger partial charge is 0.270 e. The molecule has 0 spiro atoms. The number of nitro groups is 1. The third kappa shape index (κ3) is 3.20. The monoisotopic (exact) mass is 404 g/mol. The summed E-state index contributed by atoms with van der Waals surface area (Å²) < 4.78 is 11.2. The van der Waals surface area contributed by atoms with Crippen LogP contribution in [0.5, 0.6) is 5.75 Å². The first-order valence-electron chi connectivity index (χ1n) is 7.23. The van der Waals surface area contributed by atoms with Gasteiger partial charge in [0.15, 0.2) is 0 Å². The summed E-state index contributed by atoms with van der Waals surface area (Å²) in [6.45, 7) is 1.70. The maximum atomic E-state index is 12.7. The Hall–Kier alpha value is -2.87. The number of halogens is 1. The lowest BCUT2D eigenvalue weighted by Gasteiger charge is -2.07.